The molecular formula is C24H27FN6O2. The zero-order valence-corrected chi connectivity index (χ0v) is 18.8. The summed E-state index contributed by atoms with van der Waals surface area (Å²) in [6.45, 7) is 7.56. The average Bonchev–Trinajstić information content (AvgIpc) is 3.54. The summed E-state index contributed by atoms with van der Waals surface area (Å²) in [5.41, 5.74) is 6.36. The van der Waals surface area contributed by atoms with Gasteiger partial charge in [-0.2, -0.15) is 0 Å². The third-order valence-corrected chi connectivity index (χ3v) is 6.17. The van der Waals surface area contributed by atoms with Crippen LogP contribution >= 0.6 is 0 Å². The molecule has 9 heteroatoms. The second-order valence-electron chi connectivity index (χ2n) is 8.64. The van der Waals surface area contributed by atoms with E-state index in [2.05, 4.69) is 33.5 Å². The minimum atomic E-state index is -1.07. The van der Waals surface area contributed by atoms with Gasteiger partial charge >= 0.3 is 0 Å². The van der Waals surface area contributed by atoms with Gasteiger partial charge in [0, 0.05) is 37.2 Å². The lowest BCUT2D eigenvalue weighted by Gasteiger charge is -2.39. The monoisotopic (exact) mass is 450 g/mol. The van der Waals surface area contributed by atoms with E-state index in [0.717, 1.165) is 24.6 Å². The van der Waals surface area contributed by atoms with E-state index in [-0.39, 0.29) is 30.2 Å². The standard InChI is InChI=1S/C24H27FN6O2/c1-15(32)30-11-18(12-30)31-13-20(23(29-14-26)21(25)9-27-3)19-8-17(28-10-22(19)31)6-7-24(2,33)16-4-5-16/h8-10,13,16,18,33H,3-5,11-12,14,26H2,1-2H3/b21-9+,29-23-. The minimum absolute atomic E-state index is 0.0118. The summed E-state index contributed by atoms with van der Waals surface area (Å²) in [6, 6.07) is 1.79. The maximum Gasteiger partial charge on any atom is 0.219 e. The Morgan fingerprint density at radius 1 is 1.48 bits per heavy atom. The number of likely N-dealkylation sites (tertiary alicyclic amines) is 1. The number of nitrogens with zero attached hydrogens (tertiary/aromatic N) is 5. The molecule has 1 saturated heterocycles. The van der Waals surface area contributed by atoms with Crippen LogP contribution in [0.15, 0.2) is 40.5 Å². The Morgan fingerprint density at radius 3 is 2.82 bits per heavy atom. The number of rotatable bonds is 6. The van der Waals surface area contributed by atoms with Crippen LogP contribution in [-0.4, -0.2) is 63.3 Å². The highest BCUT2D eigenvalue weighted by Crippen LogP contribution is 2.39. The summed E-state index contributed by atoms with van der Waals surface area (Å²) < 4.78 is 16.8. The fourth-order valence-electron chi connectivity index (χ4n) is 4.06. The highest BCUT2D eigenvalue weighted by molar-refractivity contribution is 6.18. The van der Waals surface area contributed by atoms with Crippen molar-refractivity contribution in [1.82, 2.24) is 14.5 Å². The average molecular weight is 451 g/mol. The molecular weight excluding hydrogens is 423 g/mol. The van der Waals surface area contributed by atoms with Gasteiger partial charge in [-0.1, -0.05) is 5.92 Å². The number of halogens is 1. The van der Waals surface area contributed by atoms with Crippen LogP contribution in [0.1, 0.15) is 44.0 Å². The van der Waals surface area contributed by atoms with Crippen LogP contribution in [0.5, 0.6) is 0 Å². The molecule has 0 radical (unpaired) electrons. The number of nitrogens with two attached hydrogens (primary N) is 1. The molecule has 2 aromatic rings. The lowest BCUT2D eigenvalue weighted by atomic mass is 10.0. The predicted octanol–water partition coefficient (Wildman–Crippen LogP) is 2.17. The van der Waals surface area contributed by atoms with Crippen LogP contribution in [0.4, 0.5) is 4.39 Å². The summed E-state index contributed by atoms with van der Waals surface area (Å²) in [6.07, 6.45) is 6.40. The van der Waals surface area contributed by atoms with Crippen molar-refractivity contribution in [3.63, 3.8) is 0 Å². The molecule has 8 nitrogen and oxygen atoms in total. The second kappa shape index (κ2) is 8.89. The number of aromatic nitrogens is 2. The van der Waals surface area contributed by atoms with Gasteiger partial charge in [0.2, 0.25) is 5.91 Å². The molecule has 0 aromatic carbocycles. The number of fused-ring (bicyclic) bond motifs is 1. The Balaban J connectivity index is 1.81. The molecule has 172 valence electrons. The normalized spacial score (nSPS) is 19.0. The fraction of sp³-hybridized carbons (Fsp3) is 0.417. The van der Waals surface area contributed by atoms with E-state index in [0.29, 0.717) is 29.7 Å². The molecule has 1 aliphatic carbocycles. The second-order valence-corrected chi connectivity index (χ2v) is 8.64. The fourth-order valence-corrected chi connectivity index (χ4v) is 4.06. The molecule has 1 unspecified atom stereocenters. The number of hydrogen-bond donors (Lipinski definition) is 2. The molecule has 1 saturated carbocycles. The molecule has 2 aromatic heterocycles. The van der Waals surface area contributed by atoms with Gasteiger partial charge in [0.05, 0.1) is 30.6 Å². The van der Waals surface area contributed by atoms with Crippen molar-refractivity contribution in [3.8, 4) is 11.8 Å². The molecule has 1 atom stereocenters. The first-order valence-corrected chi connectivity index (χ1v) is 10.8. The Bertz CT molecular complexity index is 1220. The van der Waals surface area contributed by atoms with Gasteiger partial charge in [0.25, 0.3) is 0 Å². The van der Waals surface area contributed by atoms with Crippen molar-refractivity contribution < 1.29 is 14.3 Å². The number of pyridine rings is 1. The van der Waals surface area contributed by atoms with Crippen LogP contribution in [0, 0.1) is 17.8 Å². The van der Waals surface area contributed by atoms with E-state index in [1.54, 1.807) is 30.3 Å². The molecule has 2 fully saturated rings. The van der Waals surface area contributed by atoms with Crippen molar-refractivity contribution in [2.75, 3.05) is 19.8 Å². The van der Waals surface area contributed by atoms with Crippen molar-refractivity contribution in [1.29, 1.82) is 0 Å². The molecule has 33 heavy (non-hydrogen) atoms. The van der Waals surface area contributed by atoms with Gasteiger partial charge < -0.3 is 20.3 Å². The number of aliphatic hydroxyl groups is 1. The Kier molecular flexibility index (Phi) is 6.15. The third-order valence-electron chi connectivity index (χ3n) is 6.17. The number of carbonyl (C=O) groups excluding carboxylic acids is 1. The number of aliphatic imine (C=N–C) groups is 2. The lowest BCUT2D eigenvalue weighted by molar-refractivity contribution is -0.134. The van der Waals surface area contributed by atoms with Gasteiger partial charge in [0.15, 0.2) is 5.83 Å². The van der Waals surface area contributed by atoms with Crippen LogP contribution in [0.3, 0.4) is 0 Å². The summed E-state index contributed by atoms with van der Waals surface area (Å²) in [7, 11) is 0. The zero-order chi connectivity index (χ0) is 23.8. The first-order valence-electron chi connectivity index (χ1n) is 10.8. The highest BCUT2D eigenvalue weighted by Gasteiger charge is 2.38. The quantitative estimate of drug-likeness (QED) is 0.519. The number of allylic oxidation sites excluding steroid dienone is 1. The van der Waals surface area contributed by atoms with Crippen LogP contribution in [-0.2, 0) is 4.79 Å². The van der Waals surface area contributed by atoms with E-state index >= 15 is 0 Å². The minimum Gasteiger partial charge on any atom is -0.378 e. The number of carbonyl (C=O) groups is 1. The smallest absolute Gasteiger partial charge is 0.219 e. The molecule has 0 bridgehead atoms. The molecule has 0 spiro atoms. The van der Waals surface area contributed by atoms with Crippen molar-refractivity contribution in [3.05, 3.63) is 41.7 Å². The number of amides is 1. The van der Waals surface area contributed by atoms with Gasteiger partial charge in [0.1, 0.15) is 17.0 Å². The highest BCUT2D eigenvalue weighted by atomic mass is 19.1. The maximum absolute atomic E-state index is 14.8. The molecule has 4 rings (SSSR count). The van der Waals surface area contributed by atoms with Crippen LogP contribution < -0.4 is 5.73 Å². The van der Waals surface area contributed by atoms with Crippen molar-refractivity contribution >= 4 is 29.2 Å². The molecule has 1 aliphatic heterocycles. The summed E-state index contributed by atoms with van der Waals surface area (Å²) in [4.78, 5) is 25.5. The van der Waals surface area contributed by atoms with E-state index in [4.69, 9.17) is 5.73 Å². The van der Waals surface area contributed by atoms with E-state index < -0.39 is 11.4 Å². The molecule has 2 aliphatic rings. The summed E-state index contributed by atoms with van der Waals surface area (Å²) in [5, 5.41) is 11.2. The third kappa shape index (κ3) is 4.58. The van der Waals surface area contributed by atoms with E-state index in [1.165, 1.54) is 6.92 Å². The van der Waals surface area contributed by atoms with Gasteiger partial charge in [-0.05, 0) is 44.4 Å². The SMILES string of the molecule is C=N/C=C(F)\C(=N/CN)c1cn(C2CN(C(C)=O)C2)c2cnc(C#CC(C)(O)C3CC3)cc12. The van der Waals surface area contributed by atoms with Crippen LogP contribution in [0.2, 0.25) is 0 Å². The van der Waals surface area contributed by atoms with Gasteiger partial charge in [-0.3, -0.25) is 14.8 Å². The summed E-state index contributed by atoms with van der Waals surface area (Å²) >= 11 is 0. The lowest BCUT2D eigenvalue weighted by Crippen LogP contribution is -2.49. The first kappa shape index (κ1) is 22.8. The Labute approximate surface area is 191 Å². The van der Waals surface area contributed by atoms with Crippen LogP contribution in [0.25, 0.3) is 10.9 Å². The zero-order valence-electron chi connectivity index (χ0n) is 18.8. The van der Waals surface area contributed by atoms with Gasteiger partial charge in [-0.25, -0.2) is 9.37 Å². The molecule has 3 heterocycles. The molecule has 1 amide bonds. The Hall–Kier alpha value is -3.35. The largest absolute Gasteiger partial charge is 0.378 e. The van der Waals surface area contributed by atoms with Crippen molar-refractivity contribution in [2.45, 2.75) is 38.3 Å². The topological polar surface area (TPSA) is 109 Å². The van der Waals surface area contributed by atoms with Gasteiger partial charge in [-0.15, -0.1) is 0 Å². The predicted molar refractivity (Wildman–Crippen MR) is 126 cm³/mol. The number of hydrogen-bond acceptors (Lipinski definition) is 6. The summed E-state index contributed by atoms with van der Waals surface area (Å²) in [5.74, 6) is 5.42. The Morgan fingerprint density at radius 2 is 2.21 bits per heavy atom. The van der Waals surface area contributed by atoms with E-state index in [1.807, 2.05) is 4.57 Å². The molecule has 3 N–H and O–H groups in total. The van der Waals surface area contributed by atoms with E-state index in [9.17, 15) is 14.3 Å². The maximum atomic E-state index is 14.8. The van der Waals surface area contributed by atoms with Crippen molar-refractivity contribution in [2.24, 2.45) is 21.6 Å². The first-order chi connectivity index (χ1) is 15.7.